The van der Waals surface area contributed by atoms with Crippen molar-refractivity contribution in [2.75, 3.05) is 7.11 Å². The number of ether oxygens (including phenoxy) is 1. The lowest BCUT2D eigenvalue weighted by atomic mass is 9.95. The molecule has 112 valence electrons. The lowest BCUT2D eigenvalue weighted by Gasteiger charge is -2.20. The van der Waals surface area contributed by atoms with E-state index in [-0.39, 0.29) is 10.0 Å². The minimum absolute atomic E-state index is 0.0861. The molecule has 2 rings (SSSR count). The molecule has 0 aliphatic carbocycles. The summed E-state index contributed by atoms with van der Waals surface area (Å²) < 4.78 is 32.1. The zero-order valence-electron chi connectivity index (χ0n) is 11.9. The third-order valence-corrected chi connectivity index (χ3v) is 4.15. The van der Waals surface area contributed by atoms with Crippen LogP contribution in [0.15, 0.2) is 28.7 Å². The molecule has 2 aromatic rings. The molecule has 0 aromatic heterocycles. The molecule has 0 aliphatic rings. The molecule has 1 atom stereocenters. The first-order valence-corrected chi connectivity index (χ1v) is 7.12. The lowest BCUT2D eigenvalue weighted by Crippen LogP contribution is -2.07. The molecule has 0 radical (unpaired) electrons. The van der Waals surface area contributed by atoms with Gasteiger partial charge in [-0.15, -0.1) is 0 Å². The van der Waals surface area contributed by atoms with Crippen molar-refractivity contribution < 1.29 is 18.6 Å². The van der Waals surface area contributed by atoms with Gasteiger partial charge in [0.25, 0.3) is 0 Å². The predicted octanol–water partition coefficient (Wildman–Crippen LogP) is 4.43. The first-order valence-electron chi connectivity index (χ1n) is 6.33. The Labute approximate surface area is 130 Å². The number of rotatable bonds is 3. The van der Waals surface area contributed by atoms with Crippen molar-refractivity contribution in [3.05, 3.63) is 62.6 Å². The highest BCUT2D eigenvalue weighted by atomic mass is 79.9. The van der Waals surface area contributed by atoms with Crippen LogP contribution >= 0.6 is 15.9 Å². The molecule has 0 bridgehead atoms. The van der Waals surface area contributed by atoms with Gasteiger partial charge >= 0.3 is 0 Å². The van der Waals surface area contributed by atoms with Crippen LogP contribution in [0.3, 0.4) is 0 Å². The first kappa shape index (κ1) is 15.9. The van der Waals surface area contributed by atoms with Crippen LogP contribution in [0.25, 0.3) is 0 Å². The predicted molar refractivity (Wildman–Crippen MR) is 80.6 cm³/mol. The van der Waals surface area contributed by atoms with Gasteiger partial charge in [0.15, 0.2) is 11.6 Å². The molecule has 0 saturated carbocycles. The highest BCUT2D eigenvalue weighted by Gasteiger charge is 2.23. The number of benzene rings is 2. The Morgan fingerprint density at radius 1 is 1.19 bits per heavy atom. The second-order valence-electron chi connectivity index (χ2n) is 4.86. The second kappa shape index (κ2) is 6.12. The van der Waals surface area contributed by atoms with Crippen molar-refractivity contribution in [2.45, 2.75) is 20.0 Å². The Morgan fingerprint density at radius 2 is 1.86 bits per heavy atom. The smallest absolute Gasteiger partial charge is 0.173 e. The van der Waals surface area contributed by atoms with Crippen molar-refractivity contribution in [2.24, 2.45) is 0 Å². The minimum Gasteiger partial charge on any atom is -0.496 e. The topological polar surface area (TPSA) is 29.5 Å². The van der Waals surface area contributed by atoms with Crippen LogP contribution in [-0.2, 0) is 0 Å². The van der Waals surface area contributed by atoms with E-state index in [9.17, 15) is 13.9 Å². The van der Waals surface area contributed by atoms with Gasteiger partial charge in [0, 0.05) is 11.1 Å². The maximum atomic E-state index is 13.7. The fourth-order valence-electron chi connectivity index (χ4n) is 2.37. The highest BCUT2D eigenvalue weighted by Crippen LogP contribution is 2.37. The summed E-state index contributed by atoms with van der Waals surface area (Å²) in [4.78, 5) is 0. The van der Waals surface area contributed by atoms with E-state index in [4.69, 9.17) is 4.74 Å². The van der Waals surface area contributed by atoms with Crippen molar-refractivity contribution in [3.8, 4) is 5.75 Å². The van der Waals surface area contributed by atoms with E-state index < -0.39 is 17.7 Å². The molecule has 21 heavy (non-hydrogen) atoms. The summed E-state index contributed by atoms with van der Waals surface area (Å²) in [5, 5.41) is 10.6. The summed E-state index contributed by atoms with van der Waals surface area (Å²) in [6.07, 6.45) is -1.12. The SMILES string of the molecule is COc1cc(C)cc(C)c1C(O)c1ccc(F)c(F)c1Br. The molecular formula is C16H15BrF2O2. The fourth-order valence-corrected chi connectivity index (χ4v) is 2.90. The Kier molecular flexibility index (Phi) is 4.64. The number of hydrogen-bond donors (Lipinski definition) is 1. The molecule has 2 aromatic carbocycles. The summed E-state index contributed by atoms with van der Waals surface area (Å²) in [6, 6.07) is 6.04. The van der Waals surface area contributed by atoms with E-state index in [1.807, 2.05) is 19.9 Å². The average Bonchev–Trinajstić information content (AvgIpc) is 2.43. The summed E-state index contributed by atoms with van der Waals surface area (Å²) >= 11 is 3.00. The van der Waals surface area contributed by atoms with Crippen molar-refractivity contribution in [1.29, 1.82) is 0 Å². The van der Waals surface area contributed by atoms with Gasteiger partial charge in [-0.05, 0) is 53.0 Å². The molecule has 0 saturated heterocycles. The highest BCUT2D eigenvalue weighted by molar-refractivity contribution is 9.10. The summed E-state index contributed by atoms with van der Waals surface area (Å²) in [5.74, 6) is -1.47. The molecule has 1 unspecified atom stereocenters. The van der Waals surface area contributed by atoms with Crippen LogP contribution in [0.2, 0.25) is 0 Å². The summed E-state index contributed by atoms with van der Waals surface area (Å²) in [6.45, 7) is 3.75. The van der Waals surface area contributed by atoms with Gasteiger partial charge < -0.3 is 9.84 Å². The van der Waals surface area contributed by atoms with Crippen LogP contribution in [0.4, 0.5) is 8.78 Å². The van der Waals surface area contributed by atoms with E-state index in [0.29, 0.717) is 11.3 Å². The number of halogens is 3. The molecule has 0 amide bonds. The van der Waals surface area contributed by atoms with Gasteiger partial charge in [-0.3, -0.25) is 0 Å². The summed E-state index contributed by atoms with van der Waals surface area (Å²) in [7, 11) is 1.50. The van der Waals surface area contributed by atoms with Crippen molar-refractivity contribution >= 4 is 15.9 Å². The number of aliphatic hydroxyl groups excluding tert-OH is 1. The fraction of sp³-hybridized carbons (Fsp3) is 0.250. The molecule has 5 heteroatoms. The zero-order valence-corrected chi connectivity index (χ0v) is 13.5. The van der Waals surface area contributed by atoms with Crippen LogP contribution in [0.5, 0.6) is 5.75 Å². The normalized spacial score (nSPS) is 12.3. The quantitative estimate of drug-likeness (QED) is 0.824. The van der Waals surface area contributed by atoms with Gasteiger partial charge in [-0.1, -0.05) is 12.1 Å². The van der Waals surface area contributed by atoms with Gasteiger partial charge in [0.2, 0.25) is 0 Å². The Hall–Kier alpha value is -1.46. The molecular weight excluding hydrogens is 342 g/mol. The summed E-state index contributed by atoms with van der Waals surface area (Å²) in [5.41, 5.74) is 2.59. The molecule has 2 nitrogen and oxygen atoms in total. The third kappa shape index (κ3) is 2.94. The monoisotopic (exact) mass is 356 g/mol. The van der Waals surface area contributed by atoms with Gasteiger partial charge in [0.05, 0.1) is 11.6 Å². The number of aliphatic hydroxyl groups is 1. The largest absolute Gasteiger partial charge is 0.496 e. The van der Waals surface area contributed by atoms with Gasteiger partial charge in [-0.2, -0.15) is 0 Å². The molecule has 0 fully saturated rings. The molecule has 1 N–H and O–H groups in total. The molecule has 0 spiro atoms. The zero-order chi connectivity index (χ0) is 15.7. The second-order valence-corrected chi connectivity index (χ2v) is 5.66. The van der Waals surface area contributed by atoms with E-state index in [2.05, 4.69) is 15.9 Å². The average molecular weight is 357 g/mol. The Balaban J connectivity index is 2.60. The maximum Gasteiger partial charge on any atom is 0.173 e. The van der Waals surface area contributed by atoms with Gasteiger partial charge in [-0.25, -0.2) is 8.78 Å². The van der Waals surface area contributed by atoms with Gasteiger partial charge in [0.1, 0.15) is 11.9 Å². The number of methoxy groups -OCH3 is 1. The van der Waals surface area contributed by atoms with E-state index >= 15 is 0 Å². The van der Waals surface area contributed by atoms with E-state index in [1.165, 1.54) is 13.2 Å². The Morgan fingerprint density at radius 3 is 2.48 bits per heavy atom. The van der Waals surface area contributed by atoms with Crippen LogP contribution < -0.4 is 4.74 Å². The maximum absolute atomic E-state index is 13.7. The molecule has 0 aliphatic heterocycles. The van der Waals surface area contributed by atoms with E-state index in [1.54, 1.807) is 6.07 Å². The third-order valence-electron chi connectivity index (χ3n) is 3.35. The van der Waals surface area contributed by atoms with Crippen LogP contribution in [-0.4, -0.2) is 12.2 Å². The van der Waals surface area contributed by atoms with Crippen molar-refractivity contribution in [3.63, 3.8) is 0 Å². The first-order chi connectivity index (χ1) is 9.86. The minimum atomic E-state index is -1.12. The van der Waals surface area contributed by atoms with E-state index in [0.717, 1.165) is 17.2 Å². The molecule has 0 heterocycles. The van der Waals surface area contributed by atoms with Crippen molar-refractivity contribution in [1.82, 2.24) is 0 Å². The van der Waals surface area contributed by atoms with Crippen LogP contribution in [0.1, 0.15) is 28.4 Å². The number of aryl methyl sites for hydroxylation is 2. The Bertz CT molecular complexity index is 686. The standard InChI is InChI=1S/C16H15BrF2O2/c1-8-6-9(2)13(12(7-8)21-3)16(20)10-4-5-11(18)15(19)14(10)17/h4-7,16,20H,1-3H3. The van der Waals surface area contributed by atoms with Crippen LogP contribution in [0, 0.1) is 25.5 Å². The number of hydrogen-bond acceptors (Lipinski definition) is 2. The lowest BCUT2D eigenvalue weighted by molar-refractivity contribution is 0.212.